The minimum absolute atomic E-state index is 0.655. The summed E-state index contributed by atoms with van der Waals surface area (Å²) in [5.74, 6) is 0.655. The maximum atomic E-state index is 5.85. The molecule has 0 aliphatic carbocycles. The van der Waals surface area contributed by atoms with E-state index in [0.29, 0.717) is 12.5 Å². The molecule has 0 spiro atoms. The zero-order valence-corrected chi connectivity index (χ0v) is 16.4. The Bertz CT molecular complexity index is 1100. The third-order valence-electron chi connectivity index (χ3n) is 5.49. The predicted octanol–water partition coefficient (Wildman–Crippen LogP) is 3.59. The standard InChI is InChI=1S/C22H24N6O/c1-4-11-27(12-5-1)13-6-14-29-20-10-9-17(15-23-20)21-18-7-2-3-8-19(18)22-25-24-16-28(22)26-21/h2-3,7-10,15-16H,1,4-6,11-14H2. The smallest absolute Gasteiger partial charge is 0.213 e. The number of likely N-dealkylation sites (tertiary alicyclic amines) is 1. The monoisotopic (exact) mass is 388 g/mol. The molecule has 1 aliphatic rings. The molecule has 1 fully saturated rings. The summed E-state index contributed by atoms with van der Waals surface area (Å²) in [6, 6.07) is 12.0. The zero-order valence-electron chi connectivity index (χ0n) is 16.4. The van der Waals surface area contributed by atoms with E-state index in [1.807, 2.05) is 36.5 Å². The maximum absolute atomic E-state index is 5.85. The van der Waals surface area contributed by atoms with E-state index in [4.69, 9.17) is 9.84 Å². The molecule has 5 rings (SSSR count). The molecule has 0 atom stereocenters. The first-order valence-corrected chi connectivity index (χ1v) is 10.3. The lowest BCUT2D eigenvalue weighted by molar-refractivity contribution is 0.203. The van der Waals surface area contributed by atoms with Crippen LogP contribution in [0.5, 0.6) is 5.88 Å². The Labute approximate surface area is 169 Å². The molecule has 0 amide bonds. The third kappa shape index (κ3) is 3.78. The van der Waals surface area contributed by atoms with Crippen molar-refractivity contribution in [3.63, 3.8) is 0 Å². The van der Waals surface area contributed by atoms with Crippen LogP contribution in [0.25, 0.3) is 27.7 Å². The van der Waals surface area contributed by atoms with Crippen molar-refractivity contribution in [3.05, 3.63) is 48.9 Å². The summed E-state index contributed by atoms with van der Waals surface area (Å²) in [6.45, 7) is 4.25. The molecule has 0 saturated carbocycles. The van der Waals surface area contributed by atoms with Gasteiger partial charge in [0.1, 0.15) is 12.0 Å². The van der Waals surface area contributed by atoms with E-state index in [1.165, 1.54) is 32.4 Å². The Morgan fingerprint density at radius 3 is 2.66 bits per heavy atom. The number of rotatable bonds is 6. The number of hydrogen-bond donors (Lipinski definition) is 0. The van der Waals surface area contributed by atoms with Gasteiger partial charge in [-0.05, 0) is 38.4 Å². The van der Waals surface area contributed by atoms with Gasteiger partial charge in [-0.2, -0.15) is 9.61 Å². The van der Waals surface area contributed by atoms with Crippen molar-refractivity contribution in [1.82, 2.24) is 29.7 Å². The number of hydrogen-bond acceptors (Lipinski definition) is 6. The van der Waals surface area contributed by atoms with Gasteiger partial charge in [0, 0.05) is 35.1 Å². The average molecular weight is 388 g/mol. The van der Waals surface area contributed by atoms with Crippen LogP contribution in [0.15, 0.2) is 48.9 Å². The molecular weight excluding hydrogens is 364 g/mol. The molecule has 0 radical (unpaired) electrons. The van der Waals surface area contributed by atoms with Crippen molar-refractivity contribution in [2.24, 2.45) is 0 Å². The van der Waals surface area contributed by atoms with E-state index < -0.39 is 0 Å². The van der Waals surface area contributed by atoms with Crippen LogP contribution in [-0.4, -0.2) is 55.9 Å². The van der Waals surface area contributed by atoms with Gasteiger partial charge in [0.25, 0.3) is 0 Å². The molecule has 7 nitrogen and oxygen atoms in total. The Kier molecular flexibility index (Phi) is 5.04. The molecule has 1 aliphatic heterocycles. The van der Waals surface area contributed by atoms with Gasteiger partial charge < -0.3 is 9.64 Å². The number of fused-ring (bicyclic) bond motifs is 3. The molecule has 0 N–H and O–H groups in total. The highest BCUT2D eigenvalue weighted by Gasteiger charge is 2.12. The van der Waals surface area contributed by atoms with E-state index in [-0.39, 0.29) is 0 Å². The quantitative estimate of drug-likeness (QED) is 0.470. The van der Waals surface area contributed by atoms with Gasteiger partial charge in [-0.3, -0.25) is 0 Å². The lowest BCUT2D eigenvalue weighted by atomic mass is 10.1. The number of nitrogens with zero attached hydrogens (tertiary/aromatic N) is 6. The molecular formula is C22H24N6O. The largest absolute Gasteiger partial charge is 0.478 e. The third-order valence-corrected chi connectivity index (χ3v) is 5.49. The number of benzene rings is 1. The second kappa shape index (κ2) is 8.13. The minimum Gasteiger partial charge on any atom is -0.478 e. The summed E-state index contributed by atoms with van der Waals surface area (Å²) in [6.07, 6.45) is 8.50. The molecule has 0 bridgehead atoms. The first-order chi connectivity index (χ1) is 14.4. The van der Waals surface area contributed by atoms with Crippen LogP contribution in [-0.2, 0) is 0 Å². The van der Waals surface area contributed by atoms with Crippen molar-refractivity contribution in [3.8, 4) is 17.1 Å². The molecule has 148 valence electrons. The van der Waals surface area contributed by atoms with Crippen molar-refractivity contribution in [1.29, 1.82) is 0 Å². The van der Waals surface area contributed by atoms with Gasteiger partial charge in [0.2, 0.25) is 5.88 Å². The van der Waals surface area contributed by atoms with Crippen LogP contribution in [0.4, 0.5) is 0 Å². The molecule has 1 aromatic carbocycles. The summed E-state index contributed by atoms with van der Waals surface area (Å²) in [4.78, 5) is 7.03. The van der Waals surface area contributed by atoms with E-state index in [1.54, 1.807) is 10.8 Å². The van der Waals surface area contributed by atoms with Gasteiger partial charge in [0.05, 0.1) is 6.61 Å². The normalized spacial score (nSPS) is 15.2. The van der Waals surface area contributed by atoms with Crippen LogP contribution < -0.4 is 4.74 Å². The lowest BCUT2D eigenvalue weighted by Crippen LogP contribution is -2.31. The average Bonchev–Trinajstić information content (AvgIpc) is 3.26. The molecule has 3 aromatic heterocycles. The Morgan fingerprint density at radius 2 is 1.83 bits per heavy atom. The van der Waals surface area contributed by atoms with Crippen molar-refractivity contribution >= 4 is 16.4 Å². The first-order valence-electron chi connectivity index (χ1n) is 10.3. The Morgan fingerprint density at radius 1 is 0.966 bits per heavy atom. The predicted molar refractivity (Wildman–Crippen MR) is 112 cm³/mol. The number of aromatic nitrogens is 5. The summed E-state index contributed by atoms with van der Waals surface area (Å²) in [7, 11) is 0. The van der Waals surface area contributed by atoms with Gasteiger partial charge >= 0.3 is 0 Å². The molecule has 4 aromatic rings. The highest BCUT2D eigenvalue weighted by molar-refractivity contribution is 6.01. The highest BCUT2D eigenvalue weighted by Crippen LogP contribution is 2.28. The highest BCUT2D eigenvalue weighted by atomic mass is 16.5. The fourth-order valence-corrected chi connectivity index (χ4v) is 3.99. The summed E-state index contributed by atoms with van der Waals surface area (Å²) in [5, 5.41) is 14.9. The Hall–Kier alpha value is -3.06. The van der Waals surface area contributed by atoms with Crippen LogP contribution in [0, 0.1) is 0 Å². The summed E-state index contributed by atoms with van der Waals surface area (Å²) < 4.78 is 7.56. The number of pyridine rings is 1. The number of piperidine rings is 1. The fourth-order valence-electron chi connectivity index (χ4n) is 3.99. The lowest BCUT2D eigenvalue weighted by Gasteiger charge is -2.26. The van der Waals surface area contributed by atoms with Crippen LogP contribution in [0.2, 0.25) is 0 Å². The van der Waals surface area contributed by atoms with Crippen LogP contribution in [0.3, 0.4) is 0 Å². The number of ether oxygens (including phenoxy) is 1. The fraction of sp³-hybridized carbons (Fsp3) is 0.364. The second-order valence-corrected chi connectivity index (χ2v) is 7.48. The summed E-state index contributed by atoms with van der Waals surface area (Å²) >= 11 is 0. The van der Waals surface area contributed by atoms with Crippen molar-refractivity contribution in [2.45, 2.75) is 25.7 Å². The van der Waals surface area contributed by atoms with Gasteiger partial charge in [-0.15, -0.1) is 10.2 Å². The van der Waals surface area contributed by atoms with E-state index in [0.717, 1.165) is 40.6 Å². The maximum Gasteiger partial charge on any atom is 0.213 e. The van der Waals surface area contributed by atoms with Crippen LogP contribution >= 0.6 is 0 Å². The minimum atomic E-state index is 0.655. The SMILES string of the molecule is c1ccc2c(c1)c(-c1ccc(OCCCN3CCCCC3)nc1)nn1cnnc21. The van der Waals surface area contributed by atoms with Crippen molar-refractivity contribution in [2.75, 3.05) is 26.2 Å². The first kappa shape index (κ1) is 18.0. The second-order valence-electron chi connectivity index (χ2n) is 7.48. The molecule has 7 heteroatoms. The van der Waals surface area contributed by atoms with Gasteiger partial charge in [0.15, 0.2) is 5.65 Å². The molecule has 29 heavy (non-hydrogen) atoms. The zero-order chi connectivity index (χ0) is 19.5. The van der Waals surface area contributed by atoms with E-state index >= 15 is 0 Å². The topological polar surface area (TPSA) is 68.4 Å². The Balaban J connectivity index is 1.30. The van der Waals surface area contributed by atoms with E-state index in [9.17, 15) is 0 Å². The molecule has 1 saturated heterocycles. The van der Waals surface area contributed by atoms with Gasteiger partial charge in [-0.25, -0.2) is 4.98 Å². The van der Waals surface area contributed by atoms with Gasteiger partial charge in [-0.1, -0.05) is 30.7 Å². The van der Waals surface area contributed by atoms with Crippen LogP contribution in [0.1, 0.15) is 25.7 Å². The van der Waals surface area contributed by atoms with E-state index in [2.05, 4.69) is 26.1 Å². The molecule has 4 heterocycles. The molecule has 0 unspecified atom stereocenters. The summed E-state index contributed by atoms with van der Waals surface area (Å²) in [5.41, 5.74) is 2.56. The van der Waals surface area contributed by atoms with Crippen molar-refractivity contribution < 1.29 is 4.74 Å².